The quantitative estimate of drug-likeness (QED) is 0.371. The molecule has 1 aliphatic rings. The van der Waals surface area contributed by atoms with E-state index >= 15 is 0 Å². The maximum atomic E-state index is 12.4. The second kappa shape index (κ2) is 6.97. The van der Waals surface area contributed by atoms with Crippen molar-refractivity contribution in [2.45, 2.75) is 43.9 Å². The first-order valence-electron chi connectivity index (χ1n) is 9.46. The summed E-state index contributed by atoms with van der Waals surface area (Å²) in [5, 5.41) is 2.22. The molecule has 5 nitrogen and oxygen atoms in total. The van der Waals surface area contributed by atoms with Gasteiger partial charge in [-0.2, -0.15) is 0 Å². The van der Waals surface area contributed by atoms with Gasteiger partial charge in [-0.15, -0.1) is 11.3 Å². The average molecular weight is 409 g/mol. The number of aryl methyl sites for hydroxylation is 2. The van der Waals surface area contributed by atoms with Crippen molar-refractivity contribution in [1.82, 2.24) is 19.4 Å². The lowest BCUT2D eigenvalue weighted by atomic mass is 9.89. The molecule has 1 atom stereocenters. The molecule has 0 spiro atoms. The summed E-state index contributed by atoms with van der Waals surface area (Å²) in [4.78, 5) is 28.8. The molecule has 0 N–H and O–H groups in total. The highest BCUT2D eigenvalue weighted by Crippen LogP contribution is 2.40. The van der Waals surface area contributed by atoms with E-state index in [-0.39, 0.29) is 5.56 Å². The highest BCUT2D eigenvalue weighted by molar-refractivity contribution is 7.98. The number of aromatic nitrogens is 4. The average Bonchev–Trinajstić information content (AvgIpc) is 3.05. The molecule has 0 aliphatic heterocycles. The minimum atomic E-state index is -0.0426. The Morgan fingerprint density at radius 3 is 3.14 bits per heavy atom. The first kappa shape index (κ1) is 17.8. The molecule has 0 amide bonds. The molecule has 142 valence electrons. The van der Waals surface area contributed by atoms with Gasteiger partial charge < -0.3 is 0 Å². The number of hydrogen-bond donors (Lipinski definition) is 0. The van der Waals surface area contributed by atoms with Crippen LogP contribution in [0, 0.1) is 12.8 Å². The zero-order valence-electron chi connectivity index (χ0n) is 15.8. The maximum Gasteiger partial charge on any atom is 0.258 e. The third-order valence-electron chi connectivity index (χ3n) is 5.35. The Morgan fingerprint density at radius 2 is 2.25 bits per heavy atom. The van der Waals surface area contributed by atoms with Gasteiger partial charge in [-0.25, -0.2) is 15.0 Å². The van der Waals surface area contributed by atoms with Gasteiger partial charge in [0.1, 0.15) is 21.8 Å². The van der Waals surface area contributed by atoms with Gasteiger partial charge in [0.25, 0.3) is 5.56 Å². The number of pyridine rings is 1. The normalized spacial score (nSPS) is 16.6. The molecular formula is C21H20N4OS2. The molecule has 4 aromatic rings. The molecule has 0 radical (unpaired) electrons. The number of thioether (sulfide) groups is 1. The van der Waals surface area contributed by atoms with E-state index in [9.17, 15) is 4.79 Å². The van der Waals surface area contributed by atoms with Crippen LogP contribution in [0.15, 0.2) is 40.5 Å². The second-order valence-corrected chi connectivity index (χ2v) is 9.52. The monoisotopic (exact) mass is 408 g/mol. The van der Waals surface area contributed by atoms with Crippen molar-refractivity contribution in [2.24, 2.45) is 5.92 Å². The number of rotatable bonds is 3. The lowest BCUT2D eigenvalue weighted by Crippen LogP contribution is -2.15. The van der Waals surface area contributed by atoms with Crippen molar-refractivity contribution >= 4 is 39.0 Å². The summed E-state index contributed by atoms with van der Waals surface area (Å²) in [6, 6.07) is 5.48. The van der Waals surface area contributed by atoms with E-state index < -0.39 is 0 Å². The SMILES string of the molecule is Cc1cccn2c(=O)cc(CSc3ncnc4sc5c(c34)CC[C@@H](C)C5)nc12. The van der Waals surface area contributed by atoms with Gasteiger partial charge in [-0.05, 0) is 49.3 Å². The molecule has 5 rings (SSSR count). The summed E-state index contributed by atoms with van der Waals surface area (Å²) in [5.41, 5.74) is 3.90. The van der Waals surface area contributed by atoms with Crippen LogP contribution in [0.4, 0.5) is 0 Å². The van der Waals surface area contributed by atoms with Gasteiger partial charge in [0.15, 0.2) is 0 Å². The maximum absolute atomic E-state index is 12.4. The van der Waals surface area contributed by atoms with Crippen LogP contribution in [0.5, 0.6) is 0 Å². The van der Waals surface area contributed by atoms with Crippen molar-refractivity contribution < 1.29 is 0 Å². The number of hydrogen-bond acceptors (Lipinski definition) is 6. The van der Waals surface area contributed by atoms with Crippen molar-refractivity contribution in [1.29, 1.82) is 0 Å². The summed E-state index contributed by atoms with van der Waals surface area (Å²) < 4.78 is 1.60. The fourth-order valence-corrected chi connectivity index (χ4v) is 6.21. The third-order valence-corrected chi connectivity index (χ3v) is 7.54. The summed E-state index contributed by atoms with van der Waals surface area (Å²) in [7, 11) is 0. The highest BCUT2D eigenvalue weighted by Gasteiger charge is 2.23. The zero-order chi connectivity index (χ0) is 19.3. The van der Waals surface area contributed by atoms with Crippen LogP contribution >= 0.6 is 23.1 Å². The Balaban J connectivity index is 1.51. The Morgan fingerprint density at radius 1 is 1.36 bits per heavy atom. The molecule has 0 fully saturated rings. The predicted octanol–water partition coefficient (Wildman–Crippen LogP) is 4.42. The van der Waals surface area contributed by atoms with Gasteiger partial charge >= 0.3 is 0 Å². The van der Waals surface area contributed by atoms with Crippen molar-refractivity contribution in [3.63, 3.8) is 0 Å². The molecule has 0 unspecified atom stereocenters. The molecule has 0 aromatic carbocycles. The van der Waals surface area contributed by atoms with Gasteiger partial charge in [-0.1, -0.05) is 24.8 Å². The van der Waals surface area contributed by atoms with E-state index in [1.807, 2.05) is 30.4 Å². The van der Waals surface area contributed by atoms with Gasteiger partial charge in [0, 0.05) is 28.3 Å². The van der Waals surface area contributed by atoms with E-state index in [0.717, 1.165) is 45.5 Å². The Hall–Kier alpha value is -2.25. The third kappa shape index (κ3) is 3.02. The second-order valence-electron chi connectivity index (χ2n) is 7.47. The lowest BCUT2D eigenvalue weighted by molar-refractivity contribution is 0.509. The molecule has 0 saturated heterocycles. The van der Waals surface area contributed by atoms with Crippen LogP contribution in [-0.4, -0.2) is 19.4 Å². The summed E-state index contributed by atoms with van der Waals surface area (Å²) in [5.74, 6) is 1.36. The molecule has 0 bridgehead atoms. The first-order valence-corrected chi connectivity index (χ1v) is 11.3. The van der Waals surface area contributed by atoms with E-state index in [2.05, 4.69) is 16.9 Å². The van der Waals surface area contributed by atoms with Crippen molar-refractivity contribution in [3.8, 4) is 0 Å². The van der Waals surface area contributed by atoms with Gasteiger partial charge in [-0.3, -0.25) is 9.20 Å². The van der Waals surface area contributed by atoms with E-state index in [1.54, 1.807) is 34.8 Å². The minimum absolute atomic E-state index is 0.0426. The summed E-state index contributed by atoms with van der Waals surface area (Å²) in [6.45, 7) is 4.30. The zero-order valence-corrected chi connectivity index (χ0v) is 17.4. The largest absolute Gasteiger partial charge is 0.269 e. The topological polar surface area (TPSA) is 60.2 Å². The molecule has 28 heavy (non-hydrogen) atoms. The fraction of sp³-hybridized carbons (Fsp3) is 0.333. The Labute approximate surface area is 170 Å². The molecular weight excluding hydrogens is 388 g/mol. The van der Waals surface area contributed by atoms with E-state index in [1.165, 1.54) is 22.2 Å². The number of fused-ring (bicyclic) bond motifs is 4. The Bertz CT molecular complexity index is 1260. The Kier molecular flexibility index (Phi) is 4.44. The molecule has 4 heterocycles. The molecule has 0 saturated carbocycles. The van der Waals surface area contributed by atoms with E-state index in [4.69, 9.17) is 4.98 Å². The van der Waals surface area contributed by atoms with Gasteiger partial charge in [0.05, 0.1) is 5.69 Å². The van der Waals surface area contributed by atoms with E-state index in [0.29, 0.717) is 5.75 Å². The fourth-order valence-electron chi connectivity index (χ4n) is 3.88. The van der Waals surface area contributed by atoms with Crippen LogP contribution in [0.25, 0.3) is 15.9 Å². The van der Waals surface area contributed by atoms with Crippen LogP contribution in [0.2, 0.25) is 0 Å². The lowest BCUT2D eigenvalue weighted by Gasteiger charge is -2.18. The summed E-state index contributed by atoms with van der Waals surface area (Å²) in [6.07, 6.45) is 6.89. The van der Waals surface area contributed by atoms with Crippen LogP contribution in [0.3, 0.4) is 0 Å². The van der Waals surface area contributed by atoms with Crippen LogP contribution < -0.4 is 5.56 Å². The highest BCUT2D eigenvalue weighted by atomic mass is 32.2. The predicted molar refractivity (Wildman–Crippen MR) is 114 cm³/mol. The van der Waals surface area contributed by atoms with Crippen LogP contribution in [-0.2, 0) is 18.6 Å². The standard InChI is InChI=1S/C21H20N4OS2/c1-12-5-6-15-16(8-12)28-21-18(15)20(22-11-23-21)27-10-14-9-17(26)25-7-3-4-13(2)19(25)24-14/h3-4,7,9,11-12H,5-6,8,10H2,1-2H3/t12-/m1/s1. The van der Waals surface area contributed by atoms with Gasteiger partial charge in [0.2, 0.25) is 0 Å². The number of thiophene rings is 1. The molecule has 4 aromatic heterocycles. The number of nitrogens with zero attached hydrogens (tertiary/aromatic N) is 4. The molecule has 7 heteroatoms. The molecule has 1 aliphatic carbocycles. The van der Waals surface area contributed by atoms with Crippen molar-refractivity contribution in [3.05, 3.63) is 62.8 Å². The first-order chi connectivity index (χ1) is 13.6. The smallest absolute Gasteiger partial charge is 0.258 e. The summed E-state index contributed by atoms with van der Waals surface area (Å²) >= 11 is 3.46. The minimum Gasteiger partial charge on any atom is -0.269 e. The van der Waals surface area contributed by atoms with Crippen LogP contribution in [0.1, 0.15) is 35.0 Å². The van der Waals surface area contributed by atoms with Crippen molar-refractivity contribution in [2.75, 3.05) is 0 Å².